The van der Waals surface area contributed by atoms with E-state index in [1.165, 1.54) is 0 Å². The summed E-state index contributed by atoms with van der Waals surface area (Å²) in [7, 11) is 0. The van der Waals surface area contributed by atoms with Gasteiger partial charge in [0.15, 0.2) is 5.82 Å². The van der Waals surface area contributed by atoms with Crippen LogP contribution in [0, 0.1) is 20.8 Å². The Labute approximate surface area is 88.9 Å². The number of anilines is 1. The first-order valence-electron chi connectivity index (χ1n) is 4.89. The Bertz CT molecular complexity index is 436. The van der Waals surface area contributed by atoms with Gasteiger partial charge in [-0.05, 0) is 45.0 Å². The lowest BCUT2D eigenvalue weighted by Gasteiger charge is -2.10. The molecule has 0 saturated carbocycles. The first-order chi connectivity index (χ1) is 7.16. The van der Waals surface area contributed by atoms with Crippen LogP contribution in [-0.2, 0) is 0 Å². The van der Waals surface area contributed by atoms with Gasteiger partial charge in [0, 0.05) is 11.4 Å². The topological polar surface area (TPSA) is 42.7 Å². The van der Waals surface area contributed by atoms with Crippen LogP contribution in [0.4, 0.5) is 5.82 Å². The molecule has 0 aliphatic rings. The van der Waals surface area contributed by atoms with Gasteiger partial charge in [0.05, 0.1) is 5.69 Å². The number of hydrogen-bond donors (Lipinski definition) is 1. The average molecular weight is 202 g/mol. The van der Waals surface area contributed by atoms with E-state index < -0.39 is 0 Å². The molecule has 2 rings (SSSR count). The van der Waals surface area contributed by atoms with E-state index in [9.17, 15) is 0 Å². The van der Waals surface area contributed by atoms with Gasteiger partial charge in [0.1, 0.15) is 0 Å². The molecule has 0 aromatic carbocycles. The van der Waals surface area contributed by atoms with Gasteiger partial charge in [-0.1, -0.05) is 0 Å². The lowest BCUT2D eigenvalue weighted by atomic mass is 10.4. The van der Waals surface area contributed by atoms with Gasteiger partial charge in [-0.3, -0.25) is 10.1 Å². The van der Waals surface area contributed by atoms with Crippen LogP contribution in [0.1, 0.15) is 17.1 Å². The molecule has 2 aromatic rings. The van der Waals surface area contributed by atoms with Crippen molar-refractivity contribution in [2.75, 3.05) is 5.43 Å². The van der Waals surface area contributed by atoms with Crippen molar-refractivity contribution in [3.63, 3.8) is 0 Å². The lowest BCUT2D eigenvalue weighted by Crippen LogP contribution is -2.13. The van der Waals surface area contributed by atoms with Crippen LogP contribution in [0.25, 0.3) is 0 Å². The second-order valence-corrected chi connectivity index (χ2v) is 3.62. The summed E-state index contributed by atoms with van der Waals surface area (Å²) in [6.45, 7) is 6.01. The smallest absolute Gasteiger partial charge is 0.167 e. The molecule has 0 atom stereocenters. The minimum Gasteiger partial charge on any atom is -0.276 e. The van der Waals surface area contributed by atoms with E-state index >= 15 is 0 Å². The molecule has 2 heterocycles. The minimum absolute atomic E-state index is 0.753. The zero-order chi connectivity index (χ0) is 10.8. The van der Waals surface area contributed by atoms with Crippen molar-refractivity contribution < 1.29 is 0 Å². The molecule has 0 bridgehead atoms. The number of nitrogens with one attached hydrogen (secondary N) is 1. The predicted molar refractivity (Wildman–Crippen MR) is 59.7 cm³/mol. The molecule has 0 saturated heterocycles. The molecular formula is C11H14N4. The molecule has 0 amide bonds. The summed E-state index contributed by atoms with van der Waals surface area (Å²) < 4.78 is 1.99. The summed E-state index contributed by atoms with van der Waals surface area (Å²) in [5.41, 5.74) is 6.40. The molecule has 0 unspecified atom stereocenters. The van der Waals surface area contributed by atoms with E-state index in [1.807, 2.05) is 37.6 Å². The zero-order valence-electron chi connectivity index (χ0n) is 9.15. The van der Waals surface area contributed by atoms with Gasteiger partial charge < -0.3 is 0 Å². The maximum Gasteiger partial charge on any atom is 0.167 e. The molecule has 2 aromatic heterocycles. The van der Waals surface area contributed by atoms with Gasteiger partial charge in [-0.2, -0.15) is 5.10 Å². The molecule has 0 fully saturated rings. The van der Waals surface area contributed by atoms with Gasteiger partial charge >= 0.3 is 0 Å². The van der Waals surface area contributed by atoms with Crippen molar-refractivity contribution in [1.82, 2.24) is 14.9 Å². The summed E-state index contributed by atoms with van der Waals surface area (Å²) in [5.74, 6) is 0.753. The second kappa shape index (κ2) is 3.73. The highest BCUT2D eigenvalue weighted by Crippen LogP contribution is 2.08. The largest absolute Gasteiger partial charge is 0.276 e. The summed E-state index contributed by atoms with van der Waals surface area (Å²) in [4.78, 5) is 0. The molecule has 4 heteroatoms. The Hall–Kier alpha value is -1.84. The number of hydrogen-bond acceptors (Lipinski definition) is 3. The van der Waals surface area contributed by atoms with Crippen molar-refractivity contribution in [1.29, 1.82) is 0 Å². The molecule has 0 aliphatic heterocycles. The van der Waals surface area contributed by atoms with E-state index in [0.717, 1.165) is 22.9 Å². The van der Waals surface area contributed by atoms with Crippen molar-refractivity contribution in [3.05, 3.63) is 41.3 Å². The van der Waals surface area contributed by atoms with E-state index in [2.05, 4.69) is 27.8 Å². The molecule has 4 nitrogen and oxygen atoms in total. The summed E-state index contributed by atoms with van der Waals surface area (Å²) in [6.07, 6.45) is 0. The highest BCUT2D eigenvalue weighted by molar-refractivity contribution is 5.34. The highest BCUT2D eigenvalue weighted by atomic mass is 15.4. The number of aromatic nitrogens is 3. The Morgan fingerprint density at radius 1 is 0.933 bits per heavy atom. The van der Waals surface area contributed by atoms with Crippen molar-refractivity contribution >= 4 is 5.82 Å². The van der Waals surface area contributed by atoms with Crippen LogP contribution in [0.2, 0.25) is 0 Å². The van der Waals surface area contributed by atoms with E-state index in [1.54, 1.807) is 0 Å². The number of nitrogens with zero attached hydrogens (tertiary/aromatic N) is 3. The third kappa shape index (κ3) is 1.98. The van der Waals surface area contributed by atoms with Crippen molar-refractivity contribution in [3.8, 4) is 0 Å². The van der Waals surface area contributed by atoms with Gasteiger partial charge in [0.2, 0.25) is 0 Å². The zero-order valence-corrected chi connectivity index (χ0v) is 9.15. The monoisotopic (exact) mass is 202 g/mol. The van der Waals surface area contributed by atoms with E-state index in [-0.39, 0.29) is 0 Å². The summed E-state index contributed by atoms with van der Waals surface area (Å²) in [5, 5.41) is 8.05. The Morgan fingerprint density at radius 2 is 1.60 bits per heavy atom. The summed E-state index contributed by atoms with van der Waals surface area (Å²) in [6, 6.07) is 7.97. The fourth-order valence-corrected chi connectivity index (χ4v) is 1.42. The maximum absolute atomic E-state index is 4.05. The molecule has 0 spiro atoms. The fraction of sp³-hybridized carbons (Fsp3) is 0.273. The molecule has 78 valence electrons. The Kier molecular flexibility index (Phi) is 2.41. The fourth-order valence-electron chi connectivity index (χ4n) is 1.42. The Morgan fingerprint density at radius 3 is 2.13 bits per heavy atom. The average Bonchev–Trinajstić information content (AvgIpc) is 2.53. The second-order valence-electron chi connectivity index (χ2n) is 3.62. The standard InChI is InChI=1S/C11H14N4/c1-8-4-7-11(13-12-8)14-15-9(2)5-6-10(15)3/h4-7H,1-3H3,(H,13,14). The Balaban J connectivity index is 2.25. The highest BCUT2D eigenvalue weighted by Gasteiger charge is 2.01. The van der Waals surface area contributed by atoms with Crippen LogP contribution >= 0.6 is 0 Å². The van der Waals surface area contributed by atoms with Gasteiger partial charge in [0.25, 0.3) is 0 Å². The third-order valence-electron chi connectivity index (χ3n) is 2.30. The lowest BCUT2D eigenvalue weighted by molar-refractivity contribution is 0.851. The van der Waals surface area contributed by atoms with Gasteiger partial charge in [-0.25, -0.2) is 0 Å². The maximum atomic E-state index is 4.05. The quantitative estimate of drug-likeness (QED) is 0.810. The molecule has 1 N–H and O–H groups in total. The first kappa shape index (κ1) is 9.71. The normalized spacial score (nSPS) is 10.3. The SMILES string of the molecule is Cc1ccc(Nn2c(C)ccc2C)nn1. The van der Waals surface area contributed by atoms with Crippen LogP contribution in [0.5, 0.6) is 0 Å². The molecule has 0 radical (unpaired) electrons. The van der Waals surface area contributed by atoms with Gasteiger partial charge in [-0.15, -0.1) is 5.10 Å². The number of rotatable bonds is 2. The minimum atomic E-state index is 0.753. The van der Waals surface area contributed by atoms with Crippen LogP contribution in [-0.4, -0.2) is 14.9 Å². The van der Waals surface area contributed by atoms with Crippen LogP contribution < -0.4 is 5.43 Å². The van der Waals surface area contributed by atoms with Crippen LogP contribution in [0.3, 0.4) is 0 Å². The molecule has 15 heavy (non-hydrogen) atoms. The number of aryl methyl sites for hydroxylation is 3. The summed E-state index contributed by atoms with van der Waals surface area (Å²) >= 11 is 0. The molecular weight excluding hydrogens is 188 g/mol. The third-order valence-corrected chi connectivity index (χ3v) is 2.30. The first-order valence-corrected chi connectivity index (χ1v) is 4.89. The predicted octanol–water partition coefficient (Wildman–Crippen LogP) is 2.08. The van der Waals surface area contributed by atoms with E-state index in [4.69, 9.17) is 0 Å². The van der Waals surface area contributed by atoms with Crippen molar-refractivity contribution in [2.24, 2.45) is 0 Å². The van der Waals surface area contributed by atoms with Crippen molar-refractivity contribution in [2.45, 2.75) is 20.8 Å². The van der Waals surface area contributed by atoms with E-state index in [0.29, 0.717) is 0 Å². The molecule has 0 aliphatic carbocycles. The van der Waals surface area contributed by atoms with Crippen LogP contribution in [0.15, 0.2) is 24.3 Å².